The van der Waals surface area contributed by atoms with Gasteiger partial charge in [0, 0.05) is 5.54 Å². The number of halogens is 1. The molecule has 0 bridgehead atoms. The first kappa shape index (κ1) is 11.5. The van der Waals surface area contributed by atoms with Crippen molar-refractivity contribution in [2.75, 3.05) is 6.61 Å². The van der Waals surface area contributed by atoms with Gasteiger partial charge in [-0.25, -0.2) is 0 Å². The van der Waals surface area contributed by atoms with E-state index in [1.165, 1.54) is 0 Å². The Morgan fingerprint density at radius 2 is 2.25 bits per heavy atom. The van der Waals surface area contributed by atoms with Crippen LogP contribution in [0, 0.1) is 0 Å². The Hall–Kier alpha value is -0.990. The minimum Gasteiger partial charge on any atom is -0.488 e. The highest BCUT2D eigenvalue weighted by atomic mass is 35.5. The summed E-state index contributed by atoms with van der Waals surface area (Å²) in [5, 5.41) is 0.621. The highest BCUT2D eigenvalue weighted by Gasteiger charge is 2.40. The van der Waals surface area contributed by atoms with Gasteiger partial charge < -0.3 is 10.5 Å². The van der Waals surface area contributed by atoms with Gasteiger partial charge >= 0.3 is 0 Å². The maximum Gasteiger partial charge on any atom is 0.138 e. The highest BCUT2D eigenvalue weighted by molar-refractivity contribution is 6.32. The van der Waals surface area contributed by atoms with Crippen LogP contribution in [-0.4, -0.2) is 6.61 Å². The normalized spacial score (nSPS) is 16.9. The maximum absolute atomic E-state index is 6.14. The van der Waals surface area contributed by atoms with Gasteiger partial charge in [-0.15, -0.1) is 0 Å². The molecule has 1 aromatic rings. The van der Waals surface area contributed by atoms with Crippen LogP contribution in [0.25, 0.3) is 0 Å². The van der Waals surface area contributed by atoms with Gasteiger partial charge in [0.2, 0.25) is 0 Å². The molecule has 0 radical (unpaired) electrons. The lowest BCUT2D eigenvalue weighted by molar-refractivity contribution is 0.352. The number of rotatable bonds is 4. The summed E-state index contributed by atoms with van der Waals surface area (Å²) in [5.74, 6) is 0.692. The lowest BCUT2D eigenvalue weighted by atomic mass is 10.1. The summed E-state index contributed by atoms with van der Waals surface area (Å²) in [6.07, 6.45) is 2.07. The summed E-state index contributed by atoms with van der Waals surface area (Å²) in [6, 6.07) is 5.78. The zero-order chi connectivity index (χ0) is 11.8. The van der Waals surface area contributed by atoms with Crippen molar-refractivity contribution in [3.05, 3.63) is 40.9 Å². The average Bonchev–Trinajstić information content (AvgIpc) is 2.96. The van der Waals surface area contributed by atoms with Crippen LogP contribution in [0.5, 0.6) is 5.75 Å². The van der Waals surface area contributed by atoms with Crippen molar-refractivity contribution in [2.24, 2.45) is 5.73 Å². The molecule has 16 heavy (non-hydrogen) atoms. The number of benzene rings is 1. The molecule has 3 heteroatoms. The number of nitrogens with two attached hydrogens (primary N) is 1. The van der Waals surface area contributed by atoms with E-state index in [0.717, 1.165) is 24.0 Å². The smallest absolute Gasteiger partial charge is 0.138 e. The van der Waals surface area contributed by atoms with Gasteiger partial charge in [-0.05, 0) is 43.0 Å². The molecule has 86 valence electrons. The van der Waals surface area contributed by atoms with Crippen LogP contribution in [0.4, 0.5) is 0 Å². The molecule has 0 spiro atoms. The van der Waals surface area contributed by atoms with Gasteiger partial charge in [0.25, 0.3) is 0 Å². The van der Waals surface area contributed by atoms with Crippen molar-refractivity contribution in [3.63, 3.8) is 0 Å². The van der Waals surface area contributed by atoms with Gasteiger partial charge in [0.1, 0.15) is 12.4 Å². The molecule has 1 aliphatic rings. The molecule has 0 unspecified atom stereocenters. The molecular formula is C13H16ClNO. The number of hydrogen-bond acceptors (Lipinski definition) is 2. The Morgan fingerprint density at radius 3 is 2.75 bits per heavy atom. The summed E-state index contributed by atoms with van der Waals surface area (Å²) < 4.78 is 5.51. The molecule has 1 fully saturated rings. The molecule has 2 rings (SSSR count). The van der Waals surface area contributed by atoms with E-state index < -0.39 is 0 Å². The lowest BCUT2D eigenvalue weighted by Crippen LogP contribution is -2.18. The van der Waals surface area contributed by atoms with Gasteiger partial charge in [0.15, 0.2) is 0 Å². The fraction of sp³-hybridized carbons (Fsp3) is 0.385. The first-order chi connectivity index (χ1) is 7.51. The van der Waals surface area contributed by atoms with Crippen molar-refractivity contribution in [1.82, 2.24) is 0 Å². The standard InChI is InChI=1S/C13H16ClNO/c1-9(2)8-16-12-4-3-10(7-11(12)14)13(15)5-6-13/h3-4,7H,1,5-6,8,15H2,2H3. The van der Waals surface area contributed by atoms with Crippen LogP contribution >= 0.6 is 11.6 Å². The van der Waals surface area contributed by atoms with Crippen LogP contribution in [0.15, 0.2) is 30.4 Å². The van der Waals surface area contributed by atoms with Gasteiger partial charge in [-0.1, -0.05) is 24.2 Å². The van der Waals surface area contributed by atoms with Gasteiger partial charge in [-0.2, -0.15) is 0 Å². The Balaban J connectivity index is 2.13. The van der Waals surface area contributed by atoms with Crippen LogP contribution < -0.4 is 10.5 Å². The molecule has 0 heterocycles. The maximum atomic E-state index is 6.14. The molecule has 2 N–H and O–H groups in total. The van der Waals surface area contributed by atoms with Crippen LogP contribution in [0.1, 0.15) is 25.3 Å². The summed E-state index contributed by atoms with van der Waals surface area (Å²) in [6.45, 7) is 6.19. The zero-order valence-corrected chi connectivity index (χ0v) is 10.2. The summed E-state index contributed by atoms with van der Waals surface area (Å²) in [7, 11) is 0. The molecule has 0 aromatic heterocycles. The first-order valence-corrected chi connectivity index (χ1v) is 5.75. The molecule has 0 amide bonds. The van der Waals surface area contributed by atoms with Gasteiger partial charge in [-0.3, -0.25) is 0 Å². The number of hydrogen-bond donors (Lipinski definition) is 1. The van der Waals surface area contributed by atoms with Crippen LogP contribution in [-0.2, 0) is 5.54 Å². The molecule has 2 nitrogen and oxygen atoms in total. The summed E-state index contributed by atoms with van der Waals surface area (Å²) >= 11 is 6.14. The summed E-state index contributed by atoms with van der Waals surface area (Å²) in [5.41, 5.74) is 8.02. The average molecular weight is 238 g/mol. The zero-order valence-electron chi connectivity index (χ0n) is 9.42. The minimum atomic E-state index is -0.142. The van der Waals surface area contributed by atoms with E-state index in [1.807, 2.05) is 25.1 Å². The van der Waals surface area contributed by atoms with Crippen molar-refractivity contribution < 1.29 is 4.74 Å². The third kappa shape index (κ3) is 2.39. The van der Waals surface area contributed by atoms with E-state index in [1.54, 1.807) is 0 Å². The molecule has 0 aliphatic heterocycles. The molecule has 1 aliphatic carbocycles. The number of ether oxygens (including phenoxy) is 1. The van der Waals surface area contributed by atoms with E-state index in [2.05, 4.69) is 6.58 Å². The third-order valence-corrected chi connectivity index (χ3v) is 3.06. The van der Waals surface area contributed by atoms with Crippen molar-refractivity contribution >= 4 is 11.6 Å². The second-order valence-electron chi connectivity index (χ2n) is 4.55. The van der Waals surface area contributed by atoms with Gasteiger partial charge in [0.05, 0.1) is 5.02 Å². The first-order valence-electron chi connectivity index (χ1n) is 5.37. The Bertz CT molecular complexity index is 424. The van der Waals surface area contributed by atoms with E-state index in [9.17, 15) is 0 Å². The largest absolute Gasteiger partial charge is 0.488 e. The van der Waals surface area contributed by atoms with E-state index in [4.69, 9.17) is 22.1 Å². The Kier molecular flexibility index (Phi) is 2.96. The van der Waals surface area contributed by atoms with Crippen molar-refractivity contribution in [2.45, 2.75) is 25.3 Å². The third-order valence-electron chi connectivity index (χ3n) is 2.77. The highest BCUT2D eigenvalue weighted by Crippen LogP contribution is 2.44. The molecule has 0 saturated heterocycles. The molecule has 1 aromatic carbocycles. The van der Waals surface area contributed by atoms with E-state index in [-0.39, 0.29) is 5.54 Å². The second kappa shape index (κ2) is 4.11. The topological polar surface area (TPSA) is 35.2 Å². The van der Waals surface area contributed by atoms with Crippen molar-refractivity contribution in [1.29, 1.82) is 0 Å². The lowest BCUT2D eigenvalue weighted by Gasteiger charge is -2.12. The van der Waals surface area contributed by atoms with E-state index >= 15 is 0 Å². The predicted octanol–water partition coefficient (Wildman–Crippen LogP) is 3.24. The van der Waals surface area contributed by atoms with Crippen LogP contribution in [0.2, 0.25) is 5.02 Å². The van der Waals surface area contributed by atoms with E-state index in [0.29, 0.717) is 17.4 Å². The fourth-order valence-corrected chi connectivity index (χ4v) is 1.79. The Morgan fingerprint density at radius 1 is 1.56 bits per heavy atom. The SMILES string of the molecule is C=C(C)COc1ccc(C2(N)CC2)cc1Cl. The minimum absolute atomic E-state index is 0.142. The van der Waals surface area contributed by atoms with Crippen molar-refractivity contribution in [3.8, 4) is 5.75 Å². The quantitative estimate of drug-likeness (QED) is 0.816. The molecule has 1 saturated carbocycles. The molecular weight excluding hydrogens is 222 g/mol. The monoisotopic (exact) mass is 237 g/mol. The fourth-order valence-electron chi connectivity index (χ4n) is 1.55. The molecule has 0 atom stereocenters. The summed E-state index contributed by atoms with van der Waals surface area (Å²) in [4.78, 5) is 0. The van der Waals surface area contributed by atoms with Crippen LogP contribution in [0.3, 0.4) is 0 Å². The predicted molar refractivity (Wildman–Crippen MR) is 66.9 cm³/mol. The second-order valence-corrected chi connectivity index (χ2v) is 4.95. The Labute approximate surface area is 101 Å².